The van der Waals surface area contributed by atoms with Crippen molar-refractivity contribution >= 4 is 28.2 Å². The lowest BCUT2D eigenvalue weighted by Gasteiger charge is -2.12. The van der Waals surface area contributed by atoms with Gasteiger partial charge in [-0.05, 0) is 68.9 Å². The molecule has 32 heavy (non-hydrogen) atoms. The minimum Gasteiger partial charge on any atom is -0.490 e. The van der Waals surface area contributed by atoms with Crippen LogP contribution >= 0.6 is 11.3 Å². The summed E-state index contributed by atoms with van der Waals surface area (Å²) in [6.45, 7) is 4.46. The molecule has 1 atom stereocenters. The van der Waals surface area contributed by atoms with E-state index in [0.717, 1.165) is 54.5 Å². The molecule has 166 valence electrons. The molecule has 1 aromatic carbocycles. The summed E-state index contributed by atoms with van der Waals surface area (Å²) in [6, 6.07) is 7.47. The summed E-state index contributed by atoms with van der Waals surface area (Å²) in [5.41, 5.74) is 3.81. The average Bonchev–Trinajstić information content (AvgIpc) is 3.48. The van der Waals surface area contributed by atoms with Crippen molar-refractivity contribution in [2.45, 2.75) is 52.1 Å². The minimum atomic E-state index is -0.387. The number of rotatable bonds is 5. The number of nitrogens with zero attached hydrogens (tertiary/aromatic N) is 1. The fraction of sp³-hybridized carbons (Fsp3) is 0.375. The Labute approximate surface area is 190 Å². The zero-order valence-corrected chi connectivity index (χ0v) is 18.9. The number of nitrogens with one attached hydrogen (secondary N) is 2. The van der Waals surface area contributed by atoms with Crippen molar-refractivity contribution in [3.63, 3.8) is 0 Å². The molecule has 7 nitrogen and oxygen atoms in total. The second-order valence-electron chi connectivity index (χ2n) is 8.26. The Bertz CT molecular complexity index is 1200. The highest BCUT2D eigenvalue weighted by atomic mass is 32.1. The summed E-state index contributed by atoms with van der Waals surface area (Å²) < 4.78 is 11.2. The molecule has 1 aliphatic heterocycles. The van der Waals surface area contributed by atoms with Gasteiger partial charge in [0.1, 0.15) is 16.9 Å². The van der Waals surface area contributed by atoms with Crippen LogP contribution in [0.3, 0.4) is 0 Å². The summed E-state index contributed by atoms with van der Waals surface area (Å²) in [7, 11) is 0. The van der Waals surface area contributed by atoms with E-state index in [1.165, 1.54) is 16.2 Å². The number of thiophene rings is 1. The molecule has 2 N–H and O–H groups in total. The molecule has 8 heteroatoms. The molecule has 5 rings (SSSR count). The number of aromatic nitrogens is 1. The number of fused-ring (bicyclic) bond motifs is 2. The number of hydrogen-bond donors (Lipinski definition) is 2. The third kappa shape index (κ3) is 3.79. The Balaban J connectivity index is 1.39. The van der Waals surface area contributed by atoms with Crippen LogP contribution in [0.4, 0.5) is 5.00 Å². The zero-order chi connectivity index (χ0) is 22.2. The van der Waals surface area contributed by atoms with Gasteiger partial charge >= 0.3 is 0 Å². The second kappa shape index (κ2) is 8.43. The lowest BCUT2D eigenvalue weighted by molar-refractivity contribution is 0.0956. The van der Waals surface area contributed by atoms with Crippen molar-refractivity contribution in [1.82, 2.24) is 10.5 Å². The number of benzene rings is 1. The standard InChI is InChI=1S/C24H25N3O4S/c1-3-25-23(29)21-16-6-4-5-7-20(16)32-24(21)26-22(28)17-12-19(31-27-17)14-8-9-18-15(11-14)10-13(2)30-18/h8-9,11-13H,3-7,10H2,1-2H3,(H,25,29)(H,26,28)/t13-/m0/s1. The quantitative estimate of drug-likeness (QED) is 0.591. The second-order valence-corrected chi connectivity index (χ2v) is 9.37. The molecule has 2 aromatic heterocycles. The van der Waals surface area contributed by atoms with Gasteiger partial charge in [-0.1, -0.05) is 5.16 Å². The smallest absolute Gasteiger partial charge is 0.278 e. The Morgan fingerprint density at radius 3 is 2.88 bits per heavy atom. The SMILES string of the molecule is CCNC(=O)c1c(NC(=O)c2cc(-c3ccc4c(c3)C[C@H](C)O4)on2)sc2c1CCCC2. The van der Waals surface area contributed by atoms with Gasteiger partial charge in [0.15, 0.2) is 11.5 Å². The van der Waals surface area contributed by atoms with Crippen LogP contribution in [0.2, 0.25) is 0 Å². The lowest BCUT2D eigenvalue weighted by Crippen LogP contribution is -2.25. The van der Waals surface area contributed by atoms with Crippen LogP contribution in [0.1, 0.15) is 63.5 Å². The summed E-state index contributed by atoms with van der Waals surface area (Å²) in [6.07, 6.45) is 4.97. The topological polar surface area (TPSA) is 93.5 Å². The van der Waals surface area contributed by atoms with Crippen molar-refractivity contribution in [3.8, 4) is 17.1 Å². The van der Waals surface area contributed by atoms with Crippen LogP contribution in [-0.4, -0.2) is 29.6 Å². The van der Waals surface area contributed by atoms with Crippen LogP contribution in [0, 0.1) is 0 Å². The number of hydrogen-bond acceptors (Lipinski definition) is 6. The van der Waals surface area contributed by atoms with Gasteiger partial charge in [-0.15, -0.1) is 11.3 Å². The van der Waals surface area contributed by atoms with Crippen LogP contribution in [0.15, 0.2) is 28.8 Å². The molecule has 0 spiro atoms. The first-order valence-corrected chi connectivity index (χ1v) is 11.9. The molecule has 0 unspecified atom stereocenters. The maximum absolute atomic E-state index is 13.0. The summed E-state index contributed by atoms with van der Waals surface area (Å²) in [5.74, 6) is 0.880. The number of anilines is 1. The minimum absolute atomic E-state index is 0.141. The van der Waals surface area contributed by atoms with E-state index in [0.29, 0.717) is 22.9 Å². The maximum Gasteiger partial charge on any atom is 0.278 e. The van der Waals surface area contributed by atoms with Crippen molar-refractivity contribution in [3.05, 3.63) is 51.5 Å². The lowest BCUT2D eigenvalue weighted by atomic mass is 9.95. The first-order valence-electron chi connectivity index (χ1n) is 11.0. The van der Waals surface area contributed by atoms with E-state index in [2.05, 4.69) is 15.8 Å². The molecular weight excluding hydrogens is 426 g/mol. The van der Waals surface area contributed by atoms with Gasteiger partial charge in [0.2, 0.25) is 0 Å². The predicted octanol–water partition coefficient (Wildman–Crippen LogP) is 4.61. The van der Waals surface area contributed by atoms with E-state index in [4.69, 9.17) is 9.26 Å². The average molecular weight is 452 g/mol. The highest BCUT2D eigenvalue weighted by Gasteiger charge is 2.27. The molecule has 0 bridgehead atoms. The zero-order valence-electron chi connectivity index (χ0n) is 18.1. The molecule has 3 heterocycles. The fourth-order valence-corrected chi connectivity index (χ4v) is 5.69. The summed E-state index contributed by atoms with van der Waals surface area (Å²) in [4.78, 5) is 26.9. The predicted molar refractivity (Wildman–Crippen MR) is 123 cm³/mol. The number of amides is 2. The Hall–Kier alpha value is -3.13. The van der Waals surface area contributed by atoms with Gasteiger partial charge in [-0.3, -0.25) is 9.59 Å². The van der Waals surface area contributed by atoms with Gasteiger partial charge in [0, 0.05) is 29.5 Å². The van der Waals surface area contributed by atoms with E-state index in [1.807, 2.05) is 32.0 Å². The van der Waals surface area contributed by atoms with Crippen molar-refractivity contribution in [2.24, 2.45) is 0 Å². The third-order valence-electron chi connectivity index (χ3n) is 5.89. The maximum atomic E-state index is 13.0. The van der Waals surface area contributed by atoms with Gasteiger partial charge < -0.3 is 19.9 Å². The molecule has 0 fully saturated rings. The van der Waals surface area contributed by atoms with E-state index >= 15 is 0 Å². The van der Waals surface area contributed by atoms with Gasteiger partial charge in [0.25, 0.3) is 11.8 Å². The van der Waals surface area contributed by atoms with Crippen LogP contribution in [-0.2, 0) is 19.3 Å². The van der Waals surface area contributed by atoms with E-state index < -0.39 is 0 Å². The number of carbonyl (C=O) groups is 2. The monoisotopic (exact) mass is 451 g/mol. The molecular formula is C24H25N3O4S. The fourth-order valence-electron chi connectivity index (χ4n) is 4.40. The summed E-state index contributed by atoms with van der Waals surface area (Å²) in [5, 5.41) is 10.3. The number of ether oxygens (including phenoxy) is 1. The first kappa shape index (κ1) is 20.8. The normalized spacial score (nSPS) is 16.8. The summed E-state index contributed by atoms with van der Waals surface area (Å²) >= 11 is 1.49. The van der Waals surface area contributed by atoms with Crippen LogP contribution in [0.5, 0.6) is 5.75 Å². The largest absolute Gasteiger partial charge is 0.490 e. The third-order valence-corrected chi connectivity index (χ3v) is 7.09. The molecule has 2 amide bonds. The Morgan fingerprint density at radius 1 is 1.19 bits per heavy atom. The van der Waals surface area contributed by atoms with Gasteiger partial charge in [-0.2, -0.15) is 0 Å². The molecule has 0 saturated carbocycles. The van der Waals surface area contributed by atoms with Gasteiger partial charge in [0.05, 0.1) is 5.56 Å². The molecule has 0 radical (unpaired) electrons. The highest BCUT2D eigenvalue weighted by molar-refractivity contribution is 7.17. The first-order chi connectivity index (χ1) is 15.5. The van der Waals surface area contributed by atoms with E-state index in [9.17, 15) is 9.59 Å². The van der Waals surface area contributed by atoms with Gasteiger partial charge in [-0.25, -0.2) is 0 Å². The van der Waals surface area contributed by atoms with E-state index in [1.54, 1.807) is 6.07 Å². The Kier molecular flexibility index (Phi) is 5.46. The number of carbonyl (C=O) groups excluding carboxylic acids is 2. The van der Waals surface area contributed by atoms with Crippen molar-refractivity contribution < 1.29 is 18.8 Å². The number of aryl methyl sites for hydroxylation is 1. The van der Waals surface area contributed by atoms with Crippen molar-refractivity contribution in [1.29, 1.82) is 0 Å². The highest BCUT2D eigenvalue weighted by Crippen LogP contribution is 2.38. The molecule has 2 aliphatic rings. The van der Waals surface area contributed by atoms with Crippen LogP contribution < -0.4 is 15.4 Å². The van der Waals surface area contributed by atoms with Crippen LogP contribution in [0.25, 0.3) is 11.3 Å². The molecule has 3 aromatic rings. The molecule has 1 aliphatic carbocycles. The molecule has 0 saturated heterocycles. The van der Waals surface area contributed by atoms with E-state index in [-0.39, 0.29) is 23.6 Å². The Morgan fingerprint density at radius 2 is 2.03 bits per heavy atom. The van der Waals surface area contributed by atoms with Crippen molar-refractivity contribution in [2.75, 3.05) is 11.9 Å².